The van der Waals surface area contributed by atoms with Gasteiger partial charge in [-0.25, -0.2) is 0 Å². The Morgan fingerprint density at radius 1 is 1.37 bits per heavy atom. The fourth-order valence-corrected chi connectivity index (χ4v) is 2.55. The highest BCUT2D eigenvalue weighted by atomic mass is 16.1. The van der Waals surface area contributed by atoms with Crippen LogP contribution in [-0.4, -0.2) is 11.9 Å². The first kappa shape index (κ1) is 13.7. The third kappa shape index (κ3) is 3.38. The van der Waals surface area contributed by atoms with Gasteiger partial charge in [-0.3, -0.25) is 4.79 Å². The second kappa shape index (κ2) is 5.93. The Bertz CT molecular complexity index is 510. The second-order valence-corrected chi connectivity index (χ2v) is 5.59. The van der Waals surface area contributed by atoms with Crippen molar-refractivity contribution < 1.29 is 4.79 Å². The Morgan fingerprint density at radius 2 is 2.11 bits per heavy atom. The molecule has 100 valence electrons. The van der Waals surface area contributed by atoms with E-state index in [0.717, 1.165) is 12.0 Å². The van der Waals surface area contributed by atoms with Crippen molar-refractivity contribution in [3.63, 3.8) is 0 Å². The third-order valence-corrected chi connectivity index (χ3v) is 3.69. The number of hydrogen-bond donors (Lipinski definition) is 1. The number of terminal acetylenes is 1. The van der Waals surface area contributed by atoms with E-state index in [4.69, 9.17) is 6.42 Å². The highest BCUT2D eigenvalue weighted by molar-refractivity contribution is 5.79. The van der Waals surface area contributed by atoms with E-state index in [2.05, 4.69) is 29.4 Å². The number of carbonyl (C=O) groups is 1. The molecule has 1 amide bonds. The summed E-state index contributed by atoms with van der Waals surface area (Å²) in [5, 5.41) is 2.91. The van der Waals surface area contributed by atoms with Crippen molar-refractivity contribution in [2.45, 2.75) is 45.6 Å². The molecule has 1 aromatic rings. The number of hydrogen-bond acceptors (Lipinski definition) is 1. The molecule has 0 radical (unpaired) electrons. The van der Waals surface area contributed by atoms with Crippen molar-refractivity contribution in [3.05, 3.63) is 34.9 Å². The second-order valence-electron chi connectivity index (χ2n) is 5.59. The maximum absolute atomic E-state index is 12.0. The van der Waals surface area contributed by atoms with E-state index in [1.54, 1.807) is 0 Å². The van der Waals surface area contributed by atoms with E-state index in [-0.39, 0.29) is 17.9 Å². The monoisotopic (exact) mass is 255 g/mol. The summed E-state index contributed by atoms with van der Waals surface area (Å²) in [5.74, 6) is 2.90. The molecule has 2 rings (SSSR count). The summed E-state index contributed by atoms with van der Waals surface area (Å²) in [6.07, 6.45) is 9.39. The lowest BCUT2D eigenvalue weighted by atomic mass is 10.0. The number of nitrogens with one attached hydrogen (secondary N) is 1. The van der Waals surface area contributed by atoms with Crippen LogP contribution in [-0.2, 0) is 24.1 Å². The molecule has 1 aliphatic rings. The summed E-state index contributed by atoms with van der Waals surface area (Å²) >= 11 is 0. The lowest BCUT2D eigenvalue weighted by Crippen LogP contribution is -2.38. The van der Waals surface area contributed by atoms with Gasteiger partial charge in [0.25, 0.3) is 0 Å². The minimum atomic E-state index is -0.179. The summed E-state index contributed by atoms with van der Waals surface area (Å²) in [6, 6.07) is 6.21. The van der Waals surface area contributed by atoms with Gasteiger partial charge in [0.05, 0.1) is 12.5 Å². The van der Waals surface area contributed by atoms with Crippen LogP contribution in [0.1, 0.15) is 37.0 Å². The van der Waals surface area contributed by atoms with Crippen molar-refractivity contribution >= 4 is 5.91 Å². The highest BCUT2D eigenvalue weighted by Gasteiger charge is 2.15. The fraction of sp³-hybridized carbons (Fsp3) is 0.471. The number of carbonyl (C=O) groups excluding carboxylic acids is 1. The Balaban J connectivity index is 1.98. The van der Waals surface area contributed by atoms with Crippen LogP contribution >= 0.6 is 0 Å². The largest absolute Gasteiger partial charge is 0.342 e. The molecule has 0 spiro atoms. The molecule has 0 aromatic heterocycles. The topological polar surface area (TPSA) is 29.1 Å². The van der Waals surface area contributed by atoms with Crippen LogP contribution in [0.3, 0.4) is 0 Å². The molecule has 0 saturated carbocycles. The maximum atomic E-state index is 12.0. The summed E-state index contributed by atoms with van der Waals surface area (Å²) in [4.78, 5) is 12.0. The Hall–Kier alpha value is -1.75. The van der Waals surface area contributed by atoms with E-state index in [1.165, 1.54) is 24.0 Å². The summed E-state index contributed by atoms with van der Waals surface area (Å²) in [6.45, 7) is 4.03. The average molecular weight is 255 g/mol. The zero-order valence-electron chi connectivity index (χ0n) is 11.7. The molecular weight excluding hydrogens is 234 g/mol. The Morgan fingerprint density at radius 3 is 2.79 bits per heavy atom. The van der Waals surface area contributed by atoms with Gasteiger partial charge in [0.2, 0.25) is 5.91 Å². The first-order valence-electron chi connectivity index (χ1n) is 6.96. The van der Waals surface area contributed by atoms with Crippen LogP contribution in [0, 0.1) is 18.3 Å². The molecular formula is C17H21NO. The minimum absolute atomic E-state index is 0.00889. The lowest BCUT2D eigenvalue weighted by molar-refractivity contribution is -0.121. The number of amides is 1. The highest BCUT2D eigenvalue weighted by Crippen LogP contribution is 2.22. The SMILES string of the molecule is C#C[C@H](NC(=O)Cc1ccc2c(c1)CCC2)C(C)C. The van der Waals surface area contributed by atoms with Crippen molar-refractivity contribution in [1.82, 2.24) is 5.32 Å². The van der Waals surface area contributed by atoms with Crippen LogP contribution in [0.25, 0.3) is 0 Å². The third-order valence-electron chi connectivity index (χ3n) is 3.69. The van der Waals surface area contributed by atoms with E-state index >= 15 is 0 Å². The molecule has 2 heteroatoms. The molecule has 1 atom stereocenters. The van der Waals surface area contributed by atoms with Gasteiger partial charge in [0.1, 0.15) is 0 Å². The van der Waals surface area contributed by atoms with Crippen LogP contribution in [0.15, 0.2) is 18.2 Å². The van der Waals surface area contributed by atoms with Crippen LogP contribution in [0.2, 0.25) is 0 Å². The summed E-state index contributed by atoms with van der Waals surface area (Å²) < 4.78 is 0. The number of rotatable bonds is 4. The average Bonchev–Trinajstić information content (AvgIpc) is 2.82. The van der Waals surface area contributed by atoms with Crippen molar-refractivity contribution in [2.75, 3.05) is 0 Å². The van der Waals surface area contributed by atoms with Gasteiger partial charge in [-0.15, -0.1) is 6.42 Å². The van der Waals surface area contributed by atoms with Gasteiger partial charge >= 0.3 is 0 Å². The zero-order chi connectivity index (χ0) is 13.8. The molecule has 0 aliphatic heterocycles. The molecule has 1 aliphatic carbocycles. The van der Waals surface area contributed by atoms with Gasteiger partial charge in [-0.2, -0.15) is 0 Å². The summed E-state index contributed by atoms with van der Waals surface area (Å²) in [5.41, 5.74) is 3.92. The van der Waals surface area contributed by atoms with Gasteiger partial charge in [0, 0.05) is 0 Å². The molecule has 0 bridgehead atoms. The predicted molar refractivity (Wildman–Crippen MR) is 77.8 cm³/mol. The summed E-state index contributed by atoms with van der Waals surface area (Å²) in [7, 11) is 0. The first-order chi connectivity index (χ1) is 9.10. The van der Waals surface area contributed by atoms with Crippen molar-refractivity contribution in [1.29, 1.82) is 0 Å². The molecule has 19 heavy (non-hydrogen) atoms. The molecule has 0 unspecified atom stereocenters. The smallest absolute Gasteiger partial charge is 0.225 e. The lowest BCUT2D eigenvalue weighted by Gasteiger charge is -2.16. The molecule has 1 aromatic carbocycles. The van der Waals surface area contributed by atoms with E-state index < -0.39 is 0 Å². The fourth-order valence-electron chi connectivity index (χ4n) is 2.55. The van der Waals surface area contributed by atoms with Crippen molar-refractivity contribution in [2.24, 2.45) is 5.92 Å². The zero-order valence-corrected chi connectivity index (χ0v) is 11.7. The maximum Gasteiger partial charge on any atom is 0.225 e. The molecule has 0 fully saturated rings. The van der Waals surface area contributed by atoms with Gasteiger partial charge in [-0.05, 0) is 41.9 Å². The predicted octanol–water partition coefficient (Wildman–Crippen LogP) is 2.49. The molecule has 0 saturated heterocycles. The standard InChI is InChI=1S/C17H21NO/c1-4-16(12(2)3)18-17(19)11-13-8-9-14-6-5-7-15(14)10-13/h1,8-10,12,16H,5-7,11H2,2-3H3,(H,18,19)/t16-/m0/s1. The van der Waals surface area contributed by atoms with Crippen LogP contribution < -0.4 is 5.32 Å². The van der Waals surface area contributed by atoms with E-state index in [1.807, 2.05) is 13.8 Å². The quantitative estimate of drug-likeness (QED) is 0.823. The minimum Gasteiger partial charge on any atom is -0.342 e. The normalized spacial score (nSPS) is 14.8. The number of benzene rings is 1. The van der Waals surface area contributed by atoms with Gasteiger partial charge in [-0.1, -0.05) is 38.0 Å². The van der Waals surface area contributed by atoms with Gasteiger partial charge < -0.3 is 5.32 Å². The van der Waals surface area contributed by atoms with Crippen molar-refractivity contribution in [3.8, 4) is 12.3 Å². The Kier molecular flexibility index (Phi) is 4.27. The number of aryl methyl sites for hydroxylation is 2. The molecule has 0 heterocycles. The van der Waals surface area contributed by atoms with Crippen LogP contribution in [0.4, 0.5) is 0 Å². The number of fused-ring (bicyclic) bond motifs is 1. The molecule has 1 N–H and O–H groups in total. The first-order valence-corrected chi connectivity index (χ1v) is 6.96. The Labute approximate surface area is 115 Å². The van der Waals surface area contributed by atoms with E-state index in [9.17, 15) is 4.79 Å². The van der Waals surface area contributed by atoms with E-state index in [0.29, 0.717) is 6.42 Å². The molecule has 2 nitrogen and oxygen atoms in total. The van der Waals surface area contributed by atoms with Gasteiger partial charge in [0.15, 0.2) is 0 Å². The van der Waals surface area contributed by atoms with Crippen LogP contribution in [0.5, 0.6) is 0 Å².